The molecule has 1 N–H and O–H groups in total. The topological polar surface area (TPSA) is 99.2 Å². The van der Waals surface area contributed by atoms with Crippen molar-refractivity contribution in [2.24, 2.45) is 7.05 Å². The number of halogens is 1. The van der Waals surface area contributed by atoms with Gasteiger partial charge in [0, 0.05) is 24.8 Å². The highest BCUT2D eigenvalue weighted by atomic mass is 32.2. The molecule has 2 aliphatic rings. The van der Waals surface area contributed by atoms with Crippen LogP contribution in [0.25, 0.3) is 11.1 Å². The summed E-state index contributed by atoms with van der Waals surface area (Å²) in [5.41, 5.74) is 2.02. The van der Waals surface area contributed by atoms with Gasteiger partial charge in [0.15, 0.2) is 0 Å². The zero-order chi connectivity index (χ0) is 21.8. The summed E-state index contributed by atoms with van der Waals surface area (Å²) in [6.07, 6.45) is 6.93. The smallest absolute Gasteiger partial charge is 0.241 e. The van der Waals surface area contributed by atoms with E-state index >= 15 is 0 Å². The fourth-order valence-electron chi connectivity index (χ4n) is 4.76. The van der Waals surface area contributed by atoms with Gasteiger partial charge in [-0.3, -0.25) is 4.68 Å². The monoisotopic (exact) mass is 446 g/mol. The molecule has 1 spiro atoms. The van der Waals surface area contributed by atoms with Crippen LogP contribution in [-0.4, -0.2) is 35.5 Å². The quantitative estimate of drug-likeness (QED) is 0.650. The van der Waals surface area contributed by atoms with E-state index in [1.165, 1.54) is 6.07 Å². The van der Waals surface area contributed by atoms with Crippen LogP contribution in [0.5, 0.6) is 5.88 Å². The van der Waals surface area contributed by atoms with E-state index in [9.17, 15) is 12.8 Å². The summed E-state index contributed by atoms with van der Waals surface area (Å²) < 4.78 is 54.3. The highest BCUT2D eigenvalue weighted by Crippen LogP contribution is 2.44. The molecule has 0 saturated heterocycles. The molecule has 1 aliphatic heterocycles. The second-order valence-electron chi connectivity index (χ2n) is 8.56. The van der Waals surface area contributed by atoms with E-state index in [0.29, 0.717) is 54.3 Å². The van der Waals surface area contributed by atoms with Gasteiger partial charge >= 0.3 is 0 Å². The molecule has 0 amide bonds. The van der Waals surface area contributed by atoms with Gasteiger partial charge in [-0.05, 0) is 43.4 Å². The lowest BCUT2D eigenvalue weighted by molar-refractivity contribution is 0.287. The number of ether oxygens (including phenoxy) is 1. The highest BCUT2D eigenvalue weighted by Gasteiger charge is 2.45. The van der Waals surface area contributed by atoms with Crippen molar-refractivity contribution in [3.8, 4) is 17.0 Å². The van der Waals surface area contributed by atoms with Gasteiger partial charge in [-0.2, -0.15) is 0 Å². The summed E-state index contributed by atoms with van der Waals surface area (Å²) in [6.45, 7) is 0.135. The van der Waals surface area contributed by atoms with Crippen LogP contribution in [0.15, 0.2) is 35.1 Å². The highest BCUT2D eigenvalue weighted by molar-refractivity contribution is 7.88. The number of sulfonamides is 1. The minimum Gasteiger partial charge on any atom is -0.470 e. The van der Waals surface area contributed by atoms with E-state index in [1.54, 1.807) is 30.3 Å². The molecule has 1 aliphatic carbocycles. The molecule has 1 aromatic carbocycles. The van der Waals surface area contributed by atoms with Gasteiger partial charge in [-0.15, -0.1) is 5.10 Å². The zero-order valence-electron chi connectivity index (χ0n) is 17.3. The van der Waals surface area contributed by atoms with Crippen molar-refractivity contribution in [1.29, 1.82) is 0 Å². The molecule has 164 valence electrons. The van der Waals surface area contributed by atoms with Gasteiger partial charge in [-0.25, -0.2) is 22.5 Å². The zero-order valence-corrected chi connectivity index (χ0v) is 18.1. The molecular formula is C21H23FN4O4S. The van der Waals surface area contributed by atoms with E-state index in [2.05, 4.69) is 14.8 Å². The largest absolute Gasteiger partial charge is 0.470 e. The van der Waals surface area contributed by atoms with Crippen molar-refractivity contribution >= 4 is 10.0 Å². The molecule has 0 radical (unpaired) electrons. The Kier molecular flexibility index (Phi) is 4.67. The third kappa shape index (κ3) is 3.85. The van der Waals surface area contributed by atoms with E-state index in [1.807, 2.05) is 6.07 Å². The maximum atomic E-state index is 14.8. The van der Waals surface area contributed by atoms with Crippen LogP contribution in [0.2, 0.25) is 0 Å². The van der Waals surface area contributed by atoms with Gasteiger partial charge in [0.2, 0.25) is 21.8 Å². The summed E-state index contributed by atoms with van der Waals surface area (Å²) in [5.74, 6) is 0.528. The summed E-state index contributed by atoms with van der Waals surface area (Å²) in [6, 6.07) is 4.80. The van der Waals surface area contributed by atoms with Crippen LogP contribution in [0, 0.1) is 5.82 Å². The van der Waals surface area contributed by atoms with Crippen LogP contribution >= 0.6 is 0 Å². The number of aromatic nitrogens is 3. The minimum absolute atomic E-state index is 0.135. The molecule has 3 heterocycles. The van der Waals surface area contributed by atoms with E-state index in [4.69, 9.17) is 9.15 Å². The molecule has 10 heteroatoms. The number of oxazole rings is 1. The number of aryl methyl sites for hydroxylation is 1. The number of fused-ring (bicyclic) bond motifs is 7. The maximum Gasteiger partial charge on any atom is 0.241 e. The predicted octanol–water partition coefficient (Wildman–Crippen LogP) is 2.69. The van der Waals surface area contributed by atoms with Crippen molar-refractivity contribution in [2.45, 2.75) is 43.7 Å². The molecule has 4 bridgehead atoms. The van der Waals surface area contributed by atoms with Crippen LogP contribution < -0.4 is 9.46 Å². The second-order valence-corrected chi connectivity index (χ2v) is 10.3. The molecule has 3 aromatic rings. The Balaban J connectivity index is 1.61. The number of benzene rings is 1. The lowest BCUT2D eigenvalue weighted by atomic mass is 9.79. The van der Waals surface area contributed by atoms with Crippen molar-refractivity contribution in [2.75, 3.05) is 6.26 Å². The second kappa shape index (κ2) is 7.16. The molecular weight excluding hydrogens is 423 g/mol. The Morgan fingerprint density at radius 1 is 1.32 bits per heavy atom. The first-order valence-electron chi connectivity index (χ1n) is 10.1. The SMILES string of the molecule is Cn1cc2c(n1)OCc1coc(n1)[C@]1(CC[C@H](NS(C)(=O)=O)C1)Cc1ccc(F)c-2c1. The average molecular weight is 447 g/mol. The molecule has 5 rings (SSSR count). The number of nitrogens with one attached hydrogen (secondary N) is 1. The lowest BCUT2D eigenvalue weighted by Crippen LogP contribution is -2.35. The van der Waals surface area contributed by atoms with Crippen molar-refractivity contribution < 1.29 is 22.0 Å². The molecule has 1 saturated carbocycles. The average Bonchev–Trinajstić information content (AvgIpc) is 3.39. The van der Waals surface area contributed by atoms with Gasteiger partial charge in [0.1, 0.15) is 24.4 Å². The van der Waals surface area contributed by atoms with Gasteiger partial charge < -0.3 is 9.15 Å². The van der Waals surface area contributed by atoms with E-state index in [-0.39, 0.29) is 18.5 Å². The third-order valence-corrected chi connectivity index (χ3v) is 6.77. The fraction of sp³-hybridized carbons (Fsp3) is 0.429. The van der Waals surface area contributed by atoms with Gasteiger partial charge in [0.05, 0.1) is 17.2 Å². The normalized spacial score (nSPS) is 23.1. The number of hydrogen-bond acceptors (Lipinski definition) is 6. The first-order chi connectivity index (χ1) is 14.7. The first kappa shape index (κ1) is 20.2. The Bertz CT molecular complexity index is 1250. The molecule has 2 atom stereocenters. The molecule has 0 unspecified atom stereocenters. The molecule has 1 fully saturated rings. The Hall–Kier alpha value is -2.72. The van der Waals surface area contributed by atoms with E-state index < -0.39 is 15.4 Å². The summed E-state index contributed by atoms with van der Waals surface area (Å²) in [7, 11) is -1.57. The Morgan fingerprint density at radius 2 is 2.16 bits per heavy atom. The molecule has 2 aromatic heterocycles. The van der Waals surface area contributed by atoms with Crippen molar-refractivity contribution in [3.05, 3.63) is 53.6 Å². The Labute approximate surface area is 179 Å². The molecule has 31 heavy (non-hydrogen) atoms. The van der Waals surface area contributed by atoms with Crippen molar-refractivity contribution in [1.82, 2.24) is 19.5 Å². The van der Waals surface area contributed by atoms with Crippen molar-refractivity contribution in [3.63, 3.8) is 0 Å². The van der Waals surface area contributed by atoms with Crippen LogP contribution in [-0.2, 0) is 35.5 Å². The minimum atomic E-state index is -3.33. The van der Waals surface area contributed by atoms with Gasteiger partial charge in [-0.1, -0.05) is 6.07 Å². The van der Waals surface area contributed by atoms with Gasteiger partial charge in [0.25, 0.3) is 0 Å². The standard InChI is InChI=1S/C21H23FN4O4S/c1-26-10-17-16-7-13(3-4-18(16)22)8-21(6-5-14(9-21)25-31(2,27)28)20-23-15(12-30-20)11-29-19(17)24-26/h3-4,7,10,12,14,25H,5-6,8-9,11H2,1-2H3/t14-,21+/m0/s1. The molecule has 8 nitrogen and oxygen atoms in total. The van der Waals surface area contributed by atoms with Crippen LogP contribution in [0.1, 0.15) is 36.4 Å². The summed E-state index contributed by atoms with van der Waals surface area (Å²) >= 11 is 0. The van der Waals surface area contributed by atoms with E-state index in [0.717, 1.165) is 11.8 Å². The number of rotatable bonds is 2. The summed E-state index contributed by atoms with van der Waals surface area (Å²) in [5, 5.41) is 4.32. The number of hydrogen-bond donors (Lipinski definition) is 1. The predicted molar refractivity (Wildman–Crippen MR) is 110 cm³/mol. The third-order valence-electron chi connectivity index (χ3n) is 6.01. The first-order valence-corrected chi connectivity index (χ1v) is 12.0. The summed E-state index contributed by atoms with van der Waals surface area (Å²) in [4.78, 5) is 4.67. The van der Waals surface area contributed by atoms with Crippen LogP contribution in [0.4, 0.5) is 4.39 Å². The lowest BCUT2D eigenvalue weighted by Gasteiger charge is -2.26. The van der Waals surface area contributed by atoms with Crippen LogP contribution in [0.3, 0.4) is 0 Å². The number of nitrogens with zero attached hydrogens (tertiary/aromatic N) is 3. The fourth-order valence-corrected chi connectivity index (χ4v) is 5.56. The maximum absolute atomic E-state index is 14.8. The Morgan fingerprint density at radius 3 is 2.97 bits per heavy atom.